The maximum Gasteiger partial charge on any atom is 0.154 e. The molecular formula is C19H17N7O. The van der Waals surface area contributed by atoms with Gasteiger partial charge in [-0.05, 0) is 32.0 Å². The highest BCUT2D eigenvalue weighted by Gasteiger charge is 2.19. The number of fused-ring (bicyclic) bond motifs is 2. The Hall–Kier alpha value is -3.55. The Morgan fingerprint density at radius 1 is 1.15 bits per heavy atom. The molecule has 27 heavy (non-hydrogen) atoms. The summed E-state index contributed by atoms with van der Waals surface area (Å²) in [6.07, 6.45) is 3.38. The van der Waals surface area contributed by atoms with Crippen molar-refractivity contribution in [3.63, 3.8) is 0 Å². The Labute approximate surface area is 155 Å². The number of rotatable bonds is 3. The Morgan fingerprint density at radius 3 is 2.89 bits per heavy atom. The van der Waals surface area contributed by atoms with Crippen LogP contribution < -0.4 is 5.32 Å². The third-order valence-electron chi connectivity index (χ3n) is 4.57. The van der Waals surface area contributed by atoms with Crippen LogP contribution in [-0.2, 0) is 13.1 Å². The number of nitrogens with one attached hydrogen (secondary N) is 1. The van der Waals surface area contributed by atoms with Crippen LogP contribution in [0.3, 0.4) is 0 Å². The zero-order chi connectivity index (χ0) is 18.4. The minimum Gasteiger partial charge on any atom is -0.361 e. The van der Waals surface area contributed by atoms with Gasteiger partial charge in [-0.1, -0.05) is 5.16 Å². The maximum absolute atomic E-state index is 5.15. The molecule has 0 bridgehead atoms. The second-order valence-corrected chi connectivity index (χ2v) is 6.55. The fraction of sp³-hybridized carbons (Fsp3) is 0.211. The van der Waals surface area contributed by atoms with Crippen molar-refractivity contribution in [1.29, 1.82) is 0 Å². The first-order chi connectivity index (χ1) is 13.2. The van der Waals surface area contributed by atoms with Crippen molar-refractivity contribution >= 4 is 22.4 Å². The second-order valence-electron chi connectivity index (χ2n) is 6.55. The summed E-state index contributed by atoms with van der Waals surface area (Å²) in [5.74, 6) is 1.55. The smallest absolute Gasteiger partial charge is 0.154 e. The number of anilines is 1. The molecular weight excluding hydrogens is 342 g/mol. The molecule has 0 spiro atoms. The molecule has 134 valence electrons. The summed E-state index contributed by atoms with van der Waals surface area (Å²) in [6.45, 7) is 5.02. The van der Waals surface area contributed by atoms with Crippen LogP contribution in [-0.4, -0.2) is 30.7 Å². The average molecular weight is 359 g/mol. The van der Waals surface area contributed by atoms with Gasteiger partial charge in [0, 0.05) is 29.5 Å². The highest BCUT2D eigenvalue weighted by molar-refractivity contribution is 6.09. The van der Waals surface area contributed by atoms with E-state index < -0.39 is 0 Å². The highest BCUT2D eigenvalue weighted by Crippen LogP contribution is 2.24. The van der Waals surface area contributed by atoms with Gasteiger partial charge in [-0.3, -0.25) is 14.7 Å². The SMILES string of the molecule is Cc1cc(Cn2nc(C)c3cc(NC4=NCc5nccnc54)ccc32)no1. The summed E-state index contributed by atoms with van der Waals surface area (Å²) < 4.78 is 7.10. The third kappa shape index (κ3) is 2.75. The molecule has 0 radical (unpaired) electrons. The predicted octanol–water partition coefficient (Wildman–Crippen LogP) is 2.85. The van der Waals surface area contributed by atoms with Crippen LogP contribution in [0.4, 0.5) is 5.69 Å². The summed E-state index contributed by atoms with van der Waals surface area (Å²) >= 11 is 0. The lowest BCUT2D eigenvalue weighted by Gasteiger charge is -2.07. The molecule has 4 heterocycles. The predicted molar refractivity (Wildman–Crippen MR) is 101 cm³/mol. The Bertz CT molecular complexity index is 1190. The Morgan fingerprint density at radius 2 is 2.04 bits per heavy atom. The highest BCUT2D eigenvalue weighted by atomic mass is 16.5. The largest absolute Gasteiger partial charge is 0.361 e. The molecule has 0 fully saturated rings. The molecule has 1 aliphatic heterocycles. The van der Waals surface area contributed by atoms with E-state index in [9.17, 15) is 0 Å². The van der Waals surface area contributed by atoms with E-state index in [1.165, 1.54) is 0 Å². The number of aryl methyl sites for hydroxylation is 2. The van der Waals surface area contributed by atoms with Gasteiger partial charge in [0.25, 0.3) is 0 Å². The van der Waals surface area contributed by atoms with Crippen LogP contribution in [0.2, 0.25) is 0 Å². The number of nitrogens with zero attached hydrogens (tertiary/aromatic N) is 6. The van der Waals surface area contributed by atoms with Crippen LogP contribution >= 0.6 is 0 Å². The van der Waals surface area contributed by atoms with Gasteiger partial charge in [-0.2, -0.15) is 5.10 Å². The van der Waals surface area contributed by atoms with Crippen molar-refractivity contribution in [2.45, 2.75) is 26.9 Å². The van der Waals surface area contributed by atoms with Gasteiger partial charge in [-0.25, -0.2) is 4.98 Å². The lowest BCUT2D eigenvalue weighted by atomic mass is 10.2. The molecule has 0 amide bonds. The molecule has 8 nitrogen and oxygen atoms in total. The van der Waals surface area contributed by atoms with Crippen molar-refractivity contribution in [2.24, 2.45) is 4.99 Å². The number of aromatic nitrogens is 5. The van der Waals surface area contributed by atoms with Gasteiger partial charge in [0.15, 0.2) is 5.84 Å². The zero-order valence-corrected chi connectivity index (χ0v) is 15.0. The van der Waals surface area contributed by atoms with Crippen molar-refractivity contribution in [3.8, 4) is 0 Å². The van der Waals surface area contributed by atoms with E-state index in [2.05, 4.69) is 42.7 Å². The molecule has 5 rings (SSSR count). The third-order valence-corrected chi connectivity index (χ3v) is 4.57. The number of amidine groups is 1. The van der Waals surface area contributed by atoms with E-state index in [-0.39, 0.29) is 0 Å². The summed E-state index contributed by atoms with van der Waals surface area (Å²) in [4.78, 5) is 13.2. The lowest BCUT2D eigenvalue weighted by Crippen LogP contribution is -2.13. The van der Waals surface area contributed by atoms with Crippen molar-refractivity contribution in [1.82, 2.24) is 24.9 Å². The molecule has 8 heteroatoms. The molecule has 0 unspecified atom stereocenters. The second kappa shape index (κ2) is 6.01. The standard InChI is InChI=1S/C19H17N7O/c1-11-7-14(25-27-11)10-26-17-4-3-13(8-15(17)12(2)24-26)23-19-18-16(9-22-19)20-5-6-21-18/h3-8H,9-10H2,1-2H3,(H,22,23). The summed E-state index contributed by atoms with van der Waals surface area (Å²) in [5.41, 5.74) is 5.52. The fourth-order valence-corrected chi connectivity index (χ4v) is 3.33. The van der Waals surface area contributed by atoms with E-state index in [0.717, 1.165) is 51.0 Å². The van der Waals surface area contributed by atoms with Gasteiger partial charge in [0.2, 0.25) is 0 Å². The van der Waals surface area contributed by atoms with Crippen molar-refractivity contribution in [2.75, 3.05) is 5.32 Å². The molecule has 3 aromatic heterocycles. The molecule has 1 aliphatic rings. The first kappa shape index (κ1) is 15.7. The minimum absolute atomic E-state index is 0.557. The first-order valence-electron chi connectivity index (χ1n) is 8.68. The molecule has 4 aromatic rings. The van der Waals surface area contributed by atoms with Gasteiger partial charge in [-0.15, -0.1) is 0 Å². The van der Waals surface area contributed by atoms with Gasteiger partial charge in [0.05, 0.1) is 30.0 Å². The summed E-state index contributed by atoms with van der Waals surface area (Å²) in [6, 6.07) is 8.08. The van der Waals surface area contributed by atoms with E-state index >= 15 is 0 Å². The zero-order valence-electron chi connectivity index (χ0n) is 15.0. The fourth-order valence-electron chi connectivity index (χ4n) is 3.33. The molecule has 1 N–H and O–H groups in total. The van der Waals surface area contributed by atoms with Gasteiger partial charge in [0.1, 0.15) is 17.1 Å². The van der Waals surface area contributed by atoms with Crippen molar-refractivity contribution in [3.05, 3.63) is 65.2 Å². The van der Waals surface area contributed by atoms with Crippen LogP contribution in [0.15, 0.2) is 46.2 Å². The van der Waals surface area contributed by atoms with E-state index in [0.29, 0.717) is 13.1 Å². The summed E-state index contributed by atoms with van der Waals surface area (Å²) in [7, 11) is 0. The van der Waals surface area contributed by atoms with Crippen molar-refractivity contribution < 1.29 is 4.52 Å². The molecule has 0 saturated carbocycles. The lowest BCUT2D eigenvalue weighted by molar-refractivity contribution is 0.388. The maximum atomic E-state index is 5.15. The Kier molecular flexibility index (Phi) is 3.49. The molecule has 0 aliphatic carbocycles. The first-order valence-corrected chi connectivity index (χ1v) is 8.68. The monoisotopic (exact) mass is 359 g/mol. The summed E-state index contributed by atoms with van der Waals surface area (Å²) in [5, 5.41) is 13.2. The Balaban J connectivity index is 1.45. The van der Waals surface area contributed by atoms with E-state index in [4.69, 9.17) is 4.52 Å². The van der Waals surface area contributed by atoms with Crippen LogP contribution in [0.25, 0.3) is 10.9 Å². The molecule has 0 atom stereocenters. The number of hydrogen-bond donors (Lipinski definition) is 1. The number of benzene rings is 1. The molecule has 1 aromatic carbocycles. The normalized spacial score (nSPS) is 13.0. The van der Waals surface area contributed by atoms with Crippen LogP contribution in [0.5, 0.6) is 0 Å². The van der Waals surface area contributed by atoms with E-state index in [1.807, 2.05) is 30.7 Å². The molecule has 0 saturated heterocycles. The average Bonchev–Trinajstić information content (AvgIpc) is 3.35. The van der Waals surface area contributed by atoms with E-state index in [1.54, 1.807) is 12.4 Å². The quantitative estimate of drug-likeness (QED) is 0.604. The van der Waals surface area contributed by atoms with Gasteiger partial charge < -0.3 is 9.84 Å². The number of aliphatic imine (C=N–C) groups is 1. The number of hydrogen-bond acceptors (Lipinski definition) is 7. The minimum atomic E-state index is 0.557. The topological polar surface area (TPSA) is 94.0 Å². The van der Waals surface area contributed by atoms with Crippen LogP contribution in [0, 0.1) is 13.8 Å². The van der Waals surface area contributed by atoms with Gasteiger partial charge >= 0.3 is 0 Å². The van der Waals surface area contributed by atoms with Crippen LogP contribution in [0.1, 0.15) is 28.5 Å².